The number of hydrogen-bond acceptors (Lipinski definition) is 6. The SMILES string of the molecule is COc1cc(/C(C)=N\N2CCN(c3ccccc3OC)CC2)ccc1O. The molecule has 0 radical (unpaired) electrons. The van der Waals surface area contributed by atoms with Crippen molar-refractivity contribution in [1.82, 2.24) is 5.01 Å². The van der Waals surface area contributed by atoms with Crippen LogP contribution in [-0.4, -0.2) is 56.2 Å². The second kappa shape index (κ2) is 7.99. The molecule has 138 valence electrons. The Balaban J connectivity index is 1.67. The molecule has 0 spiro atoms. The number of phenols is 1. The van der Waals surface area contributed by atoms with E-state index in [2.05, 4.69) is 16.0 Å². The number of rotatable bonds is 5. The first-order valence-electron chi connectivity index (χ1n) is 8.68. The van der Waals surface area contributed by atoms with Crippen LogP contribution >= 0.6 is 0 Å². The van der Waals surface area contributed by atoms with Gasteiger partial charge in [-0.25, -0.2) is 0 Å². The number of hydrazone groups is 1. The Bertz CT molecular complexity index is 784. The summed E-state index contributed by atoms with van der Waals surface area (Å²) in [5.41, 5.74) is 2.96. The van der Waals surface area contributed by atoms with Crippen LogP contribution in [0.2, 0.25) is 0 Å². The highest BCUT2D eigenvalue weighted by atomic mass is 16.5. The van der Waals surface area contributed by atoms with E-state index in [1.54, 1.807) is 26.4 Å². The van der Waals surface area contributed by atoms with Gasteiger partial charge in [0.1, 0.15) is 5.75 Å². The molecule has 0 unspecified atom stereocenters. The Morgan fingerprint density at radius 1 is 0.962 bits per heavy atom. The predicted octanol–water partition coefficient (Wildman–Crippen LogP) is 2.96. The molecule has 3 rings (SSSR count). The summed E-state index contributed by atoms with van der Waals surface area (Å²) in [6.45, 7) is 5.42. The molecule has 2 aromatic carbocycles. The number of benzene rings is 2. The summed E-state index contributed by atoms with van der Waals surface area (Å²) in [6.07, 6.45) is 0. The van der Waals surface area contributed by atoms with E-state index in [0.717, 1.165) is 48.9 Å². The number of aromatic hydroxyl groups is 1. The molecule has 0 aromatic heterocycles. The Hall–Kier alpha value is -2.89. The van der Waals surface area contributed by atoms with Crippen molar-refractivity contribution in [3.05, 3.63) is 48.0 Å². The van der Waals surface area contributed by atoms with Crippen LogP contribution in [0.15, 0.2) is 47.6 Å². The lowest BCUT2D eigenvalue weighted by Gasteiger charge is -2.35. The summed E-state index contributed by atoms with van der Waals surface area (Å²) >= 11 is 0. The van der Waals surface area contributed by atoms with Crippen molar-refractivity contribution in [3.63, 3.8) is 0 Å². The first-order valence-corrected chi connectivity index (χ1v) is 8.68. The normalized spacial score (nSPS) is 15.1. The van der Waals surface area contributed by atoms with Gasteiger partial charge in [0.15, 0.2) is 11.5 Å². The van der Waals surface area contributed by atoms with Crippen LogP contribution < -0.4 is 14.4 Å². The maximum Gasteiger partial charge on any atom is 0.161 e. The third kappa shape index (κ3) is 3.85. The van der Waals surface area contributed by atoms with E-state index in [4.69, 9.17) is 14.6 Å². The summed E-state index contributed by atoms with van der Waals surface area (Å²) in [7, 11) is 3.25. The number of ether oxygens (including phenoxy) is 2. The van der Waals surface area contributed by atoms with Gasteiger partial charge in [-0.05, 0) is 37.3 Å². The zero-order chi connectivity index (χ0) is 18.5. The van der Waals surface area contributed by atoms with Gasteiger partial charge in [0, 0.05) is 18.7 Å². The number of hydrogen-bond donors (Lipinski definition) is 1. The summed E-state index contributed by atoms with van der Waals surface area (Å²) in [5.74, 6) is 1.49. The molecule has 1 N–H and O–H groups in total. The van der Waals surface area contributed by atoms with E-state index in [1.807, 2.05) is 31.2 Å². The number of para-hydroxylation sites is 2. The van der Waals surface area contributed by atoms with E-state index >= 15 is 0 Å². The van der Waals surface area contributed by atoms with Crippen LogP contribution in [0, 0.1) is 0 Å². The van der Waals surface area contributed by atoms with Gasteiger partial charge < -0.3 is 19.5 Å². The lowest BCUT2D eigenvalue weighted by atomic mass is 10.1. The largest absolute Gasteiger partial charge is 0.504 e. The summed E-state index contributed by atoms with van der Waals surface area (Å²) in [5, 5.41) is 16.5. The highest BCUT2D eigenvalue weighted by molar-refractivity contribution is 5.99. The third-order valence-electron chi connectivity index (χ3n) is 4.57. The van der Waals surface area contributed by atoms with Crippen molar-refractivity contribution in [3.8, 4) is 17.2 Å². The van der Waals surface area contributed by atoms with Crippen LogP contribution in [0.1, 0.15) is 12.5 Å². The van der Waals surface area contributed by atoms with E-state index < -0.39 is 0 Å². The number of anilines is 1. The molecule has 6 heteroatoms. The highest BCUT2D eigenvalue weighted by Crippen LogP contribution is 2.29. The molecule has 26 heavy (non-hydrogen) atoms. The molecule has 1 saturated heterocycles. The molecular weight excluding hydrogens is 330 g/mol. The van der Waals surface area contributed by atoms with E-state index in [-0.39, 0.29) is 5.75 Å². The number of phenolic OH excluding ortho intramolecular Hbond substituents is 1. The Morgan fingerprint density at radius 3 is 2.35 bits per heavy atom. The fourth-order valence-electron chi connectivity index (χ4n) is 3.10. The van der Waals surface area contributed by atoms with Crippen molar-refractivity contribution in [1.29, 1.82) is 0 Å². The summed E-state index contributed by atoms with van der Waals surface area (Å²) in [6, 6.07) is 13.4. The lowest BCUT2D eigenvalue weighted by molar-refractivity contribution is 0.269. The average Bonchev–Trinajstić information content (AvgIpc) is 2.69. The van der Waals surface area contributed by atoms with Gasteiger partial charge in [0.25, 0.3) is 0 Å². The zero-order valence-corrected chi connectivity index (χ0v) is 15.5. The standard InChI is InChI=1S/C20H25N3O3/c1-15(16-8-9-18(24)20(14-16)26-3)21-23-12-10-22(11-13-23)17-6-4-5-7-19(17)25-2/h4-9,14,24H,10-13H2,1-3H3/b21-15-. The van der Waals surface area contributed by atoms with Crippen molar-refractivity contribution < 1.29 is 14.6 Å². The van der Waals surface area contributed by atoms with Gasteiger partial charge >= 0.3 is 0 Å². The molecule has 0 bridgehead atoms. The van der Waals surface area contributed by atoms with Gasteiger partial charge in [-0.15, -0.1) is 0 Å². The fourth-order valence-corrected chi connectivity index (χ4v) is 3.10. The molecule has 0 amide bonds. The van der Waals surface area contributed by atoms with E-state index in [1.165, 1.54) is 0 Å². The van der Waals surface area contributed by atoms with Crippen LogP contribution in [0.4, 0.5) is 5.69 Å². The van der Waals surface area contributed by atoms with Crippen molar-refractivity contribution in [2.75, 3.05) is 45.3 Å². The van der Waals surface area contributed by atoms with E-state index in [0.29, 0.717) is 5.75 Å². The van der Waals surface area contributed by atoms with Crippen LogP contribution in [0.25, 0.3) is 0 Å². The van der Waals surface area contributed by atoms with Crippen LogP contribution in [0.5, 0.6) is 17.2 Å². The maximum absolute atomic E-state index is 9.73. The first-order chi connectivity index (χ1) is 12.6. The lowest BCUT2D eigenvalue weighted by Crippen LogP contribution is -2.44. The van der Waals surface area contributed by atoms with Gasteiger partial charge in [-0.1, -0.05) is 12.1 Å². The summed E-state index contributed by atoms with van der Waals surface area (Å²) < 4.78 is 10.6. The molecule has 1 heterocycles. The fraction of sp³-hybridized carbons (Fsp3) is 0.350. The molecule has 0 saturated carbocycles. The van der Waals surface area contributed by atoms with Crippen molar-refractivity contribution >= 4 is 11.4 Å². The Kier molecular flexibility index (Phi) is 5.51. The second-order valence-electron chi connectivity index (χ2n) is 6.18. The number of methoxy groups -OCH3 is 2. The molecule has 1 fully saturated rings. The van der Waals surface area contributed by atoms with Gasteiger partial charge in [0.05, 0.1) is 38.7 Å². The van der Waals surface area contributed by atoms with Crippen LogP contribution in [0.3, 0.4) is 0 Å². The smallest absolute Gasteiger partial charge is 0.161 e. The topological polar surface area (TPSA) is 57.5 Å². The molecule has 1 aliphatic rings. The third-order valence-corrected chi connectivity index (χ3v) is 4.57. The number of piperazine rings is 1. The number of nitrogens with zero attached hydrogens (tertiary/aromatic N) is 3. The molecule has 0 aliphatic carbocycles. The zero-order valence-electron chi connectivity index (χ0n) is 15.5. The minimum Gasteiger partial charge on any atom is -0.504 e. The minimum absolute atomic E-state index is 0.134. The highest BCUT2D eigenvalue weighted by Gasteiger charge is 2.19. The Morgan fingerprint density at radius 2 is 1.65 bits per heavy atom. The Labute approximate surface area is 154 Å². The first kappa shape index (κ1) is 17.9. The molecule has 0 atom stereocenters. The van der Waals surface area contributed by atoms with Crippen molar-refractivity contribution in [2.45, 2.75) is 6.92 Å². The second-order valence-corrected chi connectivity index (χ2v) is 6.18. The van der Waals surface area contributed by atoms with Crippen molar-refractivity contribution in [2.24, 2.45) is 5.10 Å². The quantitative estimate of drug-likeness (QED) is 0.836. The average molecular weight is 355 g/mol. The molecule has 1 aliphatic heterocycles. The monoisotopic (exact) mass is 355 g/mol. The van der Waals surface area contributed by atoms with Gasteiger partial charge in [0.2, 0.25) is 0 Å². The molecule has 6 nitrogen and oxygen atoms in total. The summed E-state index contributed by atoms with van der Waals surface area (Å²) in [4.78, 5) is 2.32. The molecular formula is C20H25N3O3. The van der Waals surface area contributed by atoms with Gasteiger partial charge in [-0.3, -0.25) is 5.01 Å². The molecule has 2 aromatic rings. The minimum atomic E-state index is 0.134. The maximum atomic E-state index is 9.73. The predicted molar refractivity (Wildman–Crippen MR) is 104 cm³/mol. The van der Waals surface area contributed by atoms with E-state index in [9.17, 15) is 5.11 Å². The van der Waals surface area contributed by atoms with Crippen LogP contribution in [-0.2, 0) is 0 Å². The van der Waals surface area contributed by atoms with Gasteiger partial charge in [-0.2, -0.15) is 5.10 Å².